The SMILES string of the molecule is CCC(CCCl)Nc1ncc(C)cn1. The zero-order valence-corrected chi connectivity index (χ0v) is 9.38. The van der Waals surface area contributed by atoms with Gasteiger partial charge in [0.2, 0.25) is 5.95 Å². The van der Waals surface area contributed by atoms with Gasteiger partial charge in [-0.25, -0.2) is 9.97 Å². The molecule has 0 fully saturated rings. The van der Waals surface area contributed by atoms with Crippen molar-refractivity contribution in [1.82, 2.24) is 9.97 Å². The molecule has 0 aliphatic rings. The summed E-state index contributed by atoms with van der Waals surface area (Å²) in [5.41, 5.74) is 1.07. The summed E-state index contributed by atoms with van der Waals surface area (Å²) in [6, 6.07) is 0.371. The number of hydrogen-bond donors (Lipinski definition) is 1. The minimum atomic E-state index is 0.371. The van der Waals surface area contributed by atoms with Crippen LogP contribution in [0.15, 0.2) is 12.4 Å². The summed E-state index contributed by atoms with van der Waals surface area (Å²) in [4.78, 5) is 8.37. The molecule has 1 heterocycles. The van der Waals surface area contributed by atoms with Gasteiger partial charge in [-0.15, -0.1) is 11.6 Å². The lowest BCUT2D eigenvalue weighted by molar-refractivity contribution is 0.668. The quantitative estimate of drug-likeness (QED) is 0.765. The second kappa shape index (κ2) is 5.81. The first-order valence-electron chi connectivity index (χ1n) is 4.87. The summed E-state index contributed by atoms with van der Waals surface area (Å²) in [5.74, 6) is 1.35. The molecule has 4 heteroatoms. The van der Waals surface area contributed by atoms with Gasteiger partial charge >= 0.3 is 0 Å². The van der Waals surface area contributed by atoms with Gasteiger partial charge in [0.25, 0.3) is 0 Å². The van der Waals surface area contributed by atoms with Gasteiger partial charge in [-0.2, -0.15) is 0 Å². The highest BCUT2D eigenvalue weighted by Gasteiger charge is 2.05. The molecular formula is C10H16ClN3. The number of aryl methyl sites for hydroxylation is 1. The molecule has 0 radical (unpaired) electrons. The van der Waals surface area contributed by atoms with E-state index >= 15 is 0 Å². The summed E-state index contributed by atoms with van der Waals surface area (Å²) in [6.07, 6.45) is 5.59. The Labute approximate surface area is 89.9 Å². The summed E-state index contributed by atoms with van der Waals surface area (Å²) in [5, 5.41) is 3.25. The number of hydrogen-bond acceptors (Lipinski definition) is 3. The van der Waals surface area contributed by atoms with Gasteiger partial charge in [-0.05, 0) is 25.3 Å². The molecule has 1 aromatic heterocycles. The lowest BCUT2D eigenvalue weighted by Crippen LogP contribution is -2.20. The van der Waals surface area contributed by atoms with Gasteiger partial charge in [0.1, 0.15) is 0 Å². The third-order valence-corrected chi connectivity index (χ3v) is 2.28. The second-order valence-corrected chi connectivity index (χ2v) is 3.69. The maximum Gasteiger partial charge on any atom is 0.222 e. The van der Waals surface area contributed by atoms with Gasteiger partial charge in [-0.1, -0.05) is 6.92 Å². The predicted octanol–water partition coefficient (Wildman–Crippen LogP) is 2.60. The molecule has 0 amide bonds. The smallest absolute Gasteiger partial charge is 0.222 e. The van der Waals surface area contributed by atoms with E-state index in [1.165, 1.54) is 0 Å². The van der Waals surface area contributed by atoms with Crippen LogP contribution in [0.4, 0.5) is 5.95 Å². The van der Waals surface area contributed by atoms with E-state index in [9.17, 15) is 0 Å². The first kappa shape index (κ1) is 11.2. The van der Waals surface area contributed by atoms with E-state index in [4.69, 9.17) is 11.6 Å². The number of nitrogens with one attached hydrogen (secondary N) is 1. The standard InChI is InChI=1S/C10H16ClN3/c1-3-9(4-5-11)14-10-12-6-8(2)7-13-10/h6-7,9H,3-5H2,1-2H3,(H,12,13,14). The topological polar surface area (TPSA) is 37.8 Å². The molecule has 0 aromatic carbocycles. The van der Waals surface area contributed by atoms with Crippen molar-refractivity contribution in [3.05, 3.63) is 18.0 Å². The summed E-state index contributed by atoms with van der Waals surface area (Å²) >= 11 is 5.69. The molecule has 1 unspecified atom stereocenters. The lowest BCUT2D eigenvalue weighted by atomic mass is 10.2. The zero-order chi connectivity index (χ0) is 10.4. The number of halogens is 1. The van der Waals surface area contributed by atoms with Crippen LogP contribution in [0.1, 0.15) is 25.3 Å². The van der Waals surface area contributed by atoms with E-state index in [0.29, 0.717) is 17.9 Å². The van der Waals surface area contributed by atoms with E-state index in [-0.39, 0.29) is 0 Å². The Hall–Kier alpha value is -0.830. The zero-order valence-electron chi connectivity index (χ0n) is 8.63. The Kier molecular flexibility index (Phi) is 4.66. The third kappa shape index (κ3) is 3.50. The molecule has 0 bridgehead atoms. The largest absolute Gasteiger partial charge is 0.351 e. The Bertz CT molecular complexity index is 261. The van der Waals surface area contributed by atoms with Crippen molar-refractivity contribution >= 4 is 17.5 Å². The highest BCUT2D eigenvalue weighted by molar-refractivity contribution is 6.17. The Morgan fingerprint density at radius 2 is 2.07 bits per heavy atom. The maximum absolute atomic E-state index is 5.69. The highest BCUT2D eigenvalue weighted by atomic mass is 35.5. The monoisotopic (exact) mass is 213 g/mol. The van der Waals surface area contributed by atoms with Crippen molar-refractivity contribution in [1.29, 1.82) is 0 Å². The van der Waals surface area contributed by atoms with Crippen molar-refractivity contribution < 1.29 is 0 Å². The average molecular weight is 214 g/mol. The minimum absolute atomic E-state index is 0.371. The van der Waals surface area contributed by atoms with Gasteiger partial charge in [0, 0.05) is 24.3 Å². The number of rotatable bonds is 5. The minimum Gasteiger partial charge on any atom is -0.351 e. The van der Waals surface area contributed by atoms with E-state index in [1.54, 1.807) is 0 Å². The molecule has 78 valence electrons. The summed E-state index contributed by atoms with van der Waals surface area (Å²) < 4.78 is 0. The summed E-state index contributed by atoms with van der Waals surface area (Å²) in [6.45, 7) is 4.10. The fraction of sp³-hybridized carbons (Fsp3) is 0.600. The van der Waals surface area contributed by atoms with Crippen molar-refractivity contribution in [2.75, 3.05) is 11.2 Å². The van der Waals surface area contributed by atoms with Crippen LogP contribution in [0.3, 0.4) is 0 Å². The molecule has 1 atom stereocenters. The number of nitrogens with zero attached hydrogens (tertiary/aromatic N) is 2. The fourth-order valence-corrected chi connectivity index (χ4v) is 1.42. The first-order chi connectivity index (χ1) is 6.76. The van der Waals surface area contributed by atoms with Crippen LogP contribution in [0.5, 0.6) is 0 Å². The van der Waals surface area contributed by atoms with Gasteiger partial charge in [-0.3, -0.25) is 0 Å². The van der Waals surface area contributed by atoms with Gasteiger partial charge < -0.3 is 5.32 Å². The van der Waals surface area contributed by atoms with E-state index in [2.05, 4.69) is 22.2 Å². The van der Waals surface area contributed by atoms with Gasteiger partial charge in [0.15, 0.2) is 0 Å². The lowest BCUT2D eigenvalue weighted by Gasteiger charge is -2.14. The Balaban J connectivity index is 2.53. The predicted molar refractivity (Wildman–Crippen MR) is 59.8 cm³/mol. The first-order valence-corrected chi connectivity index (χ1v) is 5.41. The number of alkyl halides is 1. The van der Waals surface area contributed by atoms with Crippen LogP contribution >= 0.6 is 11.6 Å². The Morgan fingerprint density at radius 3 is 2.57 bits per heavy atom. The highest BCUT2D eigenvalue weighted by Crippen LogP contribution is 2.07. The van der Waals surface area contributed by atoms with E-state index < -0.39 is 0 Å². The van der Waals surface area contributed by atoms with Crippen molar-refractivity contribution in [3.63, 3.8) is 0 Å². The summed E-state index contributed by atoms with van der Waals surface area (Å²) in [7, 11) is 0. The van der Waals surface area contributed by atoms with Crippen LogP contribution < -0.4 is 5.32 Å². The van der Waals surface area contributed by atoms with Crippen LogP contribution in [0.2, 0.25) is 0 Å². The normalized spacial score (nSPS) is 12.5. The van der Waals surface area contributed by atoms with Crippen molar-refractivity contribution in [2.24, 2.45) is 0 Å². The molecule has 0 spiro atoms. The molecule has 14 heavy (non-hydrogen) atoms. The molecule has 0 saturated carbocycles. The van der Waals surface area contributed by atoms with E-state index in [1.807, 2.05) is 19.3 Å². The average Bonchev–Trinajstić information content (AvgIpc) is 2.20. The molecule has 3 nitrogen and oxygen atoms in total. The molecule has 1 aromatic rings. The maximum atomic E-state index is 5.69. The molecule has 1 rings (SSSR count). The molecule has 1 N–H and O–H groups in total. The van der Waals surface area contributed by atoms with Crippen molar-refractivity contribution in [3.8, 4) is 0 Å². The molecular weight excluding hydrogens is 198 g/mol. The molecule has 0 aliphatic heterocycles. The number of aromatic nitrogens is 2. The van der Waals surface area contributed by atoms with Crippen molar-refractivity contribution in [2.45, 2.75) is 32.7 Å². The van der Waals surface area contributed by atoms with Crippen LogP contribution in [0, 0.1) is 6.92 Å². The van der Waals surface area contributed by atoms with E-state index in [0.717, 1.165) is 18.4 Å². The number of anilines is 1. The molecule has 0 aliphatic carbocycles. The second-order valence-electron chi connectivity index (χ2n) is 3.31. The van der Waals surface area contributed by atoms with Gasteiger partial charge in [0.05, 0.1) is 0 Å². The molecule has 0 saturated heterocycles. The van der Waals surface area contributed by atoms with Crippen LogP contribution in [0.25, 0.3) is 0 Å². The Morgan fingerprint density at radius 1 is 1.43 bits per heavy atom. The fourth-order valence-electron chi connectivity index (χ4n) is 1.16. The third-order valence-electron chi connectivity index (χ3n) is 2.06. The van der Waals surface area contributed by atoms with Crippen LogP contribution in [-0.2, 0) is 0 Å². The van der Waals surface area contributed by atoms with Crippen LogP contribution in [-0.4, -0.2) is 21.9 Å².